The van der Waals surface area contributed by atoms with E-state index >= 15 is 0 Å². The molecule has 0 atom stereocenters. The van der Waals surface area contributed by atoms with Crippen LogP contribution in [0.4, 0.5) is 0 Å². The Labute approximate surface area is 127 Å². The second-order valence-corrected chi connectivity index (χ2v) is 6.45. The normalized spacial score (nSPS) is 11.7. The molecule has 0 aliphatic heterocycles. The summed E-state index contributed by atoms with van der Waals surface area (Å²) in [5.41, 5.74) is 1.68. The Morgan fingerprint density at radius 3 is 3.05 bits per heavy atom. The standard InChI is InChI=1S/C14H10BrN3OS/c1-2-13-17-18-7-10(16-14(18)20-13)12-6-8-5-9(15)3-4-11(8)19-12/h3-7H,2H2,1H3. The molecule has 0 fully saturated rings. The van der Waals surface area contributed by atoms with Gasteiger partial charge < -0.3 is 4.42 Å². The van der Waals surface area contributed by atoms with Crippen molar-refractivity contribution in [3.05, 3.63) is 39.9 Å². The van der Waals surface area contributed by atoms with Crippen LogP contribution in [0.2, 0.25) is 0 Å². The summed E-state index contributed by atoms with van der Waals surface area (Å²) in [4.78, 5) is 5.48. The molecule has 3 heterocycles. The average Bonchev–Trinajstić information content (AvgIpc) is 3.08. The zero-order valence-corrected chi connectivity index (χ0v) is 13.0. The molecule has 0 aliphatic carbocycles. The first kappa shape index (κ1) is 12.1. The van der Waals surface area contributed by atoms with Gasteiger partial charge in [0.15, 0.2) is 5.76 Å². The molecule has 1 aromatic carbocycles. The van der Waals surface area contributed by atoms with E-state index in [0.717, 1.165) is 43.3 Å². The van der Waals surface area contributed by atoms with Crippen LogP contribution in [0.15, 0.2) is 39.4 Å². The second kappa shape index (κ2) is 4.43. The van der Waals surface area contributed by atoms with E-state index in [4.69, 9.17) is 4.42 Å². The third-order valence-electron chi connectivity index (χ3n) is 3.12. The molecule has 0 unspecified atom stereocenters. The van der Waals surface area contributed by atoms with Crippen molar-refractivity contribution in [2.45, 2.75) is 13.3 Å². The quantitative estimate of drug-likeness (QED) is 0.535. The predicted octanol–water partition coefficient (Wildman–Crippen LogP) is 4.53. The molecule has 0 saturated heterocycles. The average molecular weight is 348 g/mol. The molecule has 0 bridgehead atoms. The number of benzene rings is 1. The van der Waals surface area contributed by atoms with Crippen molar-refractivity contribution in [1.82, 2.24) is 14.6 Å². The van der Waals surface area contributed by atoms with Crippen molar-refractivity contribution in [3.63, 3.8) is 0 Å². The number of nitrogens with zero attached hydrogens (tertiary/aromatic N) is 3. The SMILES string of the molecule is CCc1nn2cc(-c3cc4cc(Br)ccc4o3)nc2s1. The number of hydrogen-bond donors (Lipinski definition) is 0. The van der Waals surface area contributed by atoms with Crippen LogP contribution in [-0.2, 0) is 6.42 Å². The van der Waals surface area contributed by atoms with Crippen LogP contribution in [0.25, 0.3) is 27.4 Å². The third-order valence-corrected chi connectivity index (χ3v) is 4.68. The van der Waals surface area contributed by atoms with E-state index in [1.54, 1.807) is 11.3 Å². The molecule has 0 radical (unpaired) electrons. The van der Waals surface area contributed by atoms with Gasteiger partial charge in [-0.25, -0.2) is 9.50 Å². The maximum Gasteiger partial charge on any atom is 0.212 e. The van der Waals surface area contributed by atoms with Gasteiger partial charge in [0.25, 0.3) is 0 Å². The highest BCUT2D eigenvalue weighted by molar-refractivity contribution is 9.10. The topological polar surface area (TPSA) is 43.3 Å². The number of rotatable bonds is 2. The summed E-state index contributed by atoms with van der Waals surface area (Å²) >= 11 is 5.08. The van der Waals surface area contributed by atoms with Gasteiger partial charge in [-0.2, -0.15) is 5.10 Å². The maximum atomic E-state index is 5.84. The molecule has 0 saturated carbocycles. The van der Waals surface area contributed by atoms with Crippen molar-refractivity contribution in [2.24, 2.45) is 0 Å². The first-order valence-electron chi connectivity index (χ1n) is 6.27. The minimum atomic E-state index is 0.772. The van der Waals surface area contributed by atoms with Crippen LogP contribution in [-0.4, -0.2) is 14.6 Å². The molecular formula is C14H10BrN3OS. The van der Waals surface area contributed by atoms with E-state index < -0.39 is 0 Å². The smallest absolute Gasteiger partial charge is 0.212 e. The zero-order valence-electron chi connectivity index (χ0n) is 10.6. The third kappa shape index (κ3) is 1.87. The van der Waals surface area contributed by atoms with Gasteiger partial charge in [-0.1, -0.05) is 34.2 Å². The first-order valence-corrected chi connectivity index (χ1v) is 7.88. The van der Waals surface area contributed by atoms with E-state index in [1.165, 1.54) is 0 Å². The number of hydrogen-bond acceptors (Lipinski definition) is 4. The monoisotopic (exact) mass is 347 g/mol. The van der Waals surface area contributed by atoms with Crippen LogP contribution in [0.5, 0.6) is 0 Å². The molecule has 4 nitrogen and oxygen atoms in total. The highest BCUT2D eigenvalue weighted by atomic mass is 79.9. The van der Waals surface area contributed by atoms with Gasteiger partial charge in [0.1, 0.15) is 16.3 Å². The lowest BCUT2D eigenvalue weighted by Gasteiger charge is -1.88. The summed E-state index contributed by atoms with van der Waals surface area (Å²) in [5.74, 6) is 0.772. The molecule has 100 valence electrons. The highest BCUT2D eigenvalue weighted by Gasteiger charge is 2.12. The van der Waals surface area contributed by atoms with Crippen LogP contribution in [0.3, 0.4) is 0 Å². The van der Waals surface area contributed by atoms with Gasteiger partial charge in [-0.3, -0.25) is 0 Å². The van der Waals surface area contributed by atoms with Gasteiger partial charge in [0, 0.05) is 9.86 Å². The lowest BCUT2D eigenvalue weighted by Crippen LogP contribution is -1.83. The number of fused-ring (bicyclic) bond motifs is 2. The van der Waals surface area contributed by atoms with Gasteiger partial charge >= 0.3 is 0 Å². The molecule has 0 spiro atoms. The van der Waals surface area contributed by atoms with E-state index in [0.29, 0.717) is 0 Å². The predicted molar refractivity (Wildman–Crippen MR) is 83.2 cm³/mol. The summed E-state index contributed by atoms with van der Waals surface area (Å²) in [5, 5.41) is 6.62. The van der Waals surface area contributed by atoms with Crippen LogP contribution < -0.4 is 0 Å². The van der Waals surface area contributed by atoms with Crippen molar-refractivity contribution in [2.75, 3.05) is 0 Å². The van der Waals surface area contributed by atoms with Crippen molar-refractivity contribution >= 4 is 43.2 Å². The number of halogens is 1. The molecule has 4 aromatic rings. The summed E-state index contributed by atoms with van der Waals surface area (Å²) in [6.45, 7) is 2.09. The number of furan rings is 1. The Morgan fingerprint density at radius 2 is 2.25 bits per heavy atom. The van der Waals surface area contributed by atoms with Crippen molar-refractivity contribution in [1.29, 1.82) is 0 Å². The van der Waals surface area contributed by atoms with E-state index in [2.05, 4.69) is 32.9 Å². The zero-order chi connectivity index (χ0) is 13.7. The number of aryl methyl sites for hydroxylation is 1. The molecule has 6 heteroatoms. The molecule has 0 N–H and O–H groups in total. The highest BCUT2D eigenvalue weighted by Crippen LogP contribution is 2.30. The summed E-state index contributed by atoms with van der Waals surface area (Å²) in [6, 6.07) is 7.96. The fraction of sp³-hybridized carbons (Fsp3) is 0.143. The van der Waals surface area contributed by atoms with Crippen LogP contribution in [0.1, 0.15) is 11.9 Å². The second-order valence-electron chi connectivity index (χ2n) is 4.50. The van der Waals surface area contributed by atoms with Crippen molar-refractivity contribution < 1.29 is 4.42 Å². The first-order chi connectivity index (χ1) is 9.72. The number of imidazole rings is 1. The summed E-state index contributed by atoms with van der Waals surface area (Å²) in [7, 11) is 0. The van der Waals surface area contributed by atoms with Crippen LogP contribution >= 0.6 is 27.3 Å². The lowest BCUT2D eigenvalue weighted by atomic mass is 10.2. The minimum Gasteiger partial charge on any atom is -0.454 e. The Morgan fingerprint density at radius 1 is 1.35 bits per heavy atom. The molecule has 4 rings (SSSR count). The molecule has 3 aromatic heterocycles. The van der Waals surface area contributed by atoms with Gasteiger partial charge in [0.05, 0.1) is 6.20 Å². The maximum absolute atomic E-state index is 5.84. The van der Waals surface area contributed by atoms with E-state index in [-0.39, 0.29) is 0 Å². The molecule has 0 amide bonds. The van der Waals surface area contributed by atoms with Crippen molar-refractivity contribution in [3.8, 4) is 11.5 Å². The largest absolute Gasteiger partial charge is 0.454 e. The fourth-order valence-electron chi connectivity index (χ4n) is 2.14. The molecular weight excluding hydrogens is 338 g/mol. The Kier molecular flexibility index (Phi) is 2.68. The Bertz CT molecular complexity index is 890. The Balaban J connectivity index is 1.84. The lowest BCUT2D eigenvalue weighted by molar-refractivity contribution is 0.629. The van der Waals surface area contributed by atoms with E-state index in [1.807, 2.05) is 35.0 Å². The summed E-state index contributed by atoms with van der Waals surface area (Å²) in [6.07, 6.45) is 2.85. The van der Waals surface area contributed by atoms with Gasteiger partial charge in [-0.15, -0.1) is 0 Å². The molecule has 20 heavy (non-hydrogen) atoms. The summed E-state index contributed by atoms with van der Waals surface area (Å²) < 4.78 is 8.71. The fourth-order valence-corrected chi connectivity index (χ4v) is 3.34. The Hall–Kier alpha value is -1.66. The molecule has 0 aliphatic rings. The number of aromatic nitrogens is 3. The minimum absolute atomic E-state index is 0.772. The van der Waals surface area contributed by atoms with Gasteiger partial charge in [0.2, 0.25) is 4.96 Å². The van der Waals surface area contributed by atoms with Gasteiger partial charge in [-0.05, 0) is 30.7 Å². The van der Waals surface area contributed by atoms with Crippen LogP contribution in [0, 0.1) is 0 Å². The van der Waals surface area contributed by atoms with E-state index in [9.17, 15) is 0 Å².